The highest BCUT2D eigenvalue weighted by atomic mass is 16.4. The molecule has 0 aromatic carbocycles. The first kappa shape index (κ1) is 10.6. The summed E-state index contributed by atoms with van der Waals surface area (Å²) in [4.78, 5) is 23.2. The smallest absolute Gasteiger partial charge is 0.355 e. The summed E-state index contributed by atoms with van der Waals surface area (Å²) in [6.45, 7) is 2.00. The minimum atomic E-state index is -1.19. The summed E-state index contributed by atoms with van der Waals surface area (Å²) in [5.41, 5.74) is -0.224. The number of rotatable bonds is 5. The molecular weight excluding hydrogens is 158 g/mol. The zero-order valence-corrected chi connectivity index (χ0v) is 6.91. The van der Waals surface area contributed by atoms with E-state index in [1.165, 1.54) is 12.2 Å². The predicted molar refractivity (Wildman–Crippen MR) is 43.4 cm³/mol. The van der Waals surface area contributed by atoms with Crippen LogP contribution in [0.2, 0.25) is 0 Å². The summed E-state index contributed by atoms with van der Waals surface area (Å²) in [6.07, 6.45) is 5.13. The van der Waals surface area contributed by atoms with E-state index in [-0.39, 0.29) is 5.70 Å². The van der Waals surface area contributed by atoms with Crippen LogP contribution >= 0.6 is 0 Å². The van der Waals surface area contributed by atoms with Crippen molar-refractivity contribution in [1.29, 1.82) is 0 Å². The summed E-state index contributed by atoms with van der Waals surface area (Å²) in [5, 5.41) is 8.46. The average Bonchev–Trinajstić information content (AvgIpc) is 2.03. The number of hydrogen-bond acceptors (Lipinski definition) is 3. The van der Waals surface area contributed by atoms with Crippen molar-refractivity contribution in [2.75, 3.05) is 0 Å². The van der Waals surface area contributed by atoms with E-state index in [2.05, 4.69) is 4.99 Å². The summed E-state index contributed by atoms with van der Waals surface area (Å²) in [5.74, 6) is -1.19. The summed E-state index contributed by atoms with van der Waals surface area (Å²) >= 11 is 0. The molecule has 0 atom stereocenters. The van der Waals surface area contributed by atoms with E-state index in [1.54, 1.807) is 0 Å². The Morgan fingerprint density at radius 1 is 1.67 bits per heavy atom. The van der Waals surface area contributed by atoms with Gasteiger partial charge in [0.25, 0.3) is 0 Å². The molecule has 66 valence electrons. The number of aliphatic imine (C=N–C) groups is 1. The first-order valence-electron chi connectivity index (χ1n) is 3.73. The van der Waals surface area contributed by atoms with Crippen molar-refractivity contribution in [2.24, 2.45) is 4.99 Å². The zero-order chi connectivity index (χ0) is 9.40. The molecule has 1 N–H and O–H groups in total. The van der Waals surface area contributed by atoms with E-state index in [1.807, 2.05) is 6.92 Å². The monoisotopic (exact) mass is 169 g/mol. The Bertz CT molecular complexity index is 222. The fourth-order valence-electron chi connectivity index (χ4n) is 0.673. The molecule has 0 bridgehead atoms. The van der Waals surface area contributed by atoms with Crippen molar-refractivity contribution >= 4 is 12.0 Å². The summed E-state index contributed by atoms with van der Waals surface area (Å²) in [7, 11) is 0. The molecule has 0 unspecified atom stereocenters. The van der Waals surface area contributed by atoms with Gasteiger partial charge >= 0.3 is 5.97 Å². The van der Waals surface area contributed by atoms with Crippen molar-refractivity contribution in [3.63, 3.8) is 0 Å². The molecule has 12 heavy (non-hydrogen) atoms. The fourth-order valence-corrected chi connectivity index (χ4v) is 0.673. The van der Waals surface area contributed by atoms with Crippen LogP contribution in [0.3, 0.4) is 0 Å². The van der Waals surface area contributed by atoms with Gasteiger partial charge in [0.15, 0.2) is 5.70 Å². The Hall–Kier alpha value is -1.41. The Morgan fingerprint density at radius 2 is 2.33 bits per heavy atom. The molecule has 0 rings (SSSR count). The van der Waals surface area contributed by atoms with Gasteiger partial charge in [-0.15, -0.1) is 0 Å². The van der Waals surface area contributed by atoms with Gasteiger partial charge in [-0.2, -0.15) is 4.99 Å². The second-order valence-corrected chi connectivity index (χ2v) is 2.24. The number of carboxylic acids is 1. The zero-order valence-electron chi connectivity index (χ0n) is 6.91. The first-order valence-corrected chi connectivity index (χ1v) is 3.73. The van der Waals surface area contributed by atoms with Crippen LogP contribution in [0.25, 0.3) is 0 Å². The molecule has 0 fully saturated rings. The van der Waals surface area contributed by atoms with Crippen LogP contribution in [-0.4, -0.2) is 17.2 Å². The van der Waals surface area contributed by atoms with Gasteiger partial charge in [-0.3, -0.25) is 0 Å². The molecule has 0 spiro atoms. The van der Waals surface area contributed by atoms with Crippen molar-refractivity contribution in [2.45, 2.75) is 26.2 Å². The predicted octanol–water partition coefficient (Wildman–Crippen LogP) is 1.48. The second-order valence-electron chi connectivity index (χ2n) is 2.24. The number of hydrogen-bond donors (Lipinski definition) is 1. The number of isocyanates is 1. The molecular formula is C8H11NO3. The van der Waals surface area contributed by atoms with Crippen LogP contribution in [-0.2, 0) is 9.59 Å². The molecule has 0 aliphatic carbocycles. The molecule has 0 radical (unpaired) electrons. The average molecular weight is 169 g/mol. The van der Waals surface area contributed by atoms with Gasteiger partial charge < -0.3 is 5.11 Å². The van der Waals surface area contributed by atoms with E-state index in [9.17, 15) is 9.59 Å². The number of allylic oxidation sites excluding steroid dienone is 1. The van der Waals surface area contributed by atoms with Gasteiger partial charge in [0.2, 0.25) is 6.08 Å². The van der Waals surface area contributed by atoms with Crippen LogP contribution in [0.1, 0.15) is 26.2 Å². The van der Waals surface area contributed by atoms with Gasteiger partial charge in [-0.1, -0.05) is 19.4 Å². The van der Waals surface area contributed by atoms with Gasteiger partial charge in [0.05, 0.1) is 0 Å². The molecule has 0 saturated heterocycles. The molecule has 4 nitrogen and oxygen atoms in total. The number of nitrogens with zero attached hydrogens (tertiary/aromatic N) is 1. The van der Waals surface area contributed by atoms with E-state index in [0.29, 0.717) is 6.42 Å². The third-order valence-electron chi connectivity index (χ3n) is 1.28. The maximum absolute atomic E-state index is 10.3. The Kier molecular flexibility index (Phi) is 5.57. The number of carboxylic acid groups (broad SMARTS) is 1. The minimum Gasteiger partial charge on any atom is -0.476 e. The highest BCUT2D eigenvalue weighted by Gasteiger charge is 2.03. The number of carbonyl (C=O) groups excluding carboxylic acids is 1. The lowest BCUT2D eigenvalue weighted by molar-refractivity contribution is -0.132. The lowest BCUT2D eigenvalue weighted by Crippen LogP contribution is -1.97. The third-order valence-corrected chi connectivity index (χ3v) is 1.28. The molecule has 0 heterocycles. The molecule has 0 aliphatic rings. The Balaban J connectivity index is 4.19. The summed E-state index contributed by atoms with van der Waals surface area (Å²) < 4.78 is 0. The van der Waals surface area contributed by atoms with Crippen LogP contribution in [0.4, 0.5) is 0 Å². The van der Waals surface area contributed by atoms with E-state index in [4.69, 9.17) is 5.11 Å². The van der Waals surface area contributed by atoms with Gasteiger partial charge in [-0.25, -0.2) is 9.59 Å². The van der Waals surface area contributed by atoms with Crippen LogP contribution in [0.15, 0.2) is 16.8 Å². The van der Waals surface area contributed by atoms with Crippen LogP contribution in [0, 0.1) is 0 Å². The third kappa shape index (κ3) is 4.41. The molecule has 0 aromatic rings. The van der Waals surface area contributed by atoms with Crippen molar-refractivity contribution in [3.05, 3.63) is 11.8 Å². The lowest BCUT2D eigenvalue weighted by atomic mass is 10.2. The molecule has 0 amide bonds. The van der Waals surface area contributed by atoms with Crippen molar-refractivity contribution in [1.82, 2.24) is 0 Å². The van der Waals surface area contributed by atoms with Crippen molar-refractivity contribution in [3.8, 4) is 0 Å². The van der Waals surface area contributed by atoms with Gasteiger partial charge in [-0.05, 0) is 12.8 Å². The Labute approximate surface area is 70.6 Å². The highest BCUT2D eigenvalue weighted by Crippen LogP contribution is 2.02. The van der Waals surface area contributed by atoms with Crippen LogP contribution in [0.5, 0.6) is 0 Å². The quantitative estimate of drug-likeness (QED) is 0.293. The molecule has 0 aromatic heterocycles. The first-order chi connectivity index (χ1) is 5.72. The maximum Gasteiger partial charge on any atom is 0.355 e. The minimum absolute atomic E-state index is 0.224. The summed E-state index contributed by atoms with van der Waals surface area (Å²) in [6, 6.07) is 0. The number of aliphatic carboxylic acids is 1. The standard InChI is InChI=1S/C8H11NO3/c1-2-3-4-5-7(8(11)12)9-6-10/h5H,2-4H2,1H3,(H,11,12)/b7-5+. The van der Waals surface area contributed by atoms with Gasteiger partial charge in [0.1, 0.15) is 0 Å². The SMILES string of the molecule is CCCC/C=C(/N=C=O)C(=O)O. The maximum atomic E-state index is 10.3. The molecule has 0 saturated carbocycles. The largest absolute Gasteiger partial charge is 0.476 e. The molecule has 4 heteroatoms. The fraction of sp³-hybridized carbons (Fsp3) is 0.500. The molecule has 0 aliphatic heterocycles. The van der Waals surface area contributed by atoms with Crippen LogP contribution < -0.4 is 0 Å². The normalized spacial score (nSPS) is 10.6. The number of unbranched alkanes of at least 4 members (excludes halogenated alkanes) is 2. The number of carbonyl (C=O) groups is 1. The topological polar surface area (TPSA) is 66.7 Å². The Morgan fingerprint density at radius 3 is 2.75 bits per heavy atom. The van der Waals surface area contributed by atoms with E-state index < -0.39 is 5.97 Å². The van der Waals surface area contributed by atoms with E-state index >= 15 is 0 Å². The van der Waals surface area contributed by atoms with Crippen molar-refractivity contribution < 1.29 is 14.7 Å². The highest BCUT2D eigenvalue weighted by molar-refractivity contribution is 5.87. The van der Waals surface area contributed by atoms with E-state index in [0.717, 1.165) is 12.8 Å². The van der Waals surface area contributed by atoms with Gasteiger partial charge in [0, 0.05) is 0 Å². The lowest BCUT2D eigenvalue weighted by Gasteiger charge is -1.91. The second kappa shape index (κ2) is 6.31.